The highest BCUT2D eigenvalue weighted by molar-refractivity contribution is 7.22. The van der Waals surface area contributed by atoms with E-state index in [1.807, 2.05) is 18.2 Å². The monoisotopic (exact) mass is 291 g/mol. The lowest BCUT2D eigenvalue weighted by molar-refractivity contribution is 0.257. The van der Waals surface area contributed by atoms with Gasteiger partial charge in [0.1, 0.15) is 5.75 Å². The zero-order valence-electron chi connectivity index (χ0n) is 12.2. The van der Waals surface area contributed by atoms with E-state index in [4.69, 9.17) is 4.74 Å². The molecule has 1 atom stereocenters. The molecule has 0 bridgehead atoms. The summed E-state index contributed by atoms with van der Waals surface area (Å²) in [5, 5.41) is 4.45. The van der Waals surface area contributed by atoms with Gasteiger partial charge in [0.2, 0.25) is 0 Å². The molecule has 1 aromatic carbocycles. The average Bonchev–Trinajstić information content (AvgIpc) is 3.23. The molecule has 108 valence electrons. The molecule has 1 N–H and O–H groups in total. The van der Waals surface area contributed by atoms with Gasteiger partial charge in [0.25, 0.3) is 0 Å². The number of hydrogen-bond acceptors (Lipinski definition) is 5. The molecule has 1 unspecified atom stereocenters. The van der Waals surface area contributed by atoms with E-state index >= 15 is 0 Å². The molecule has 1 aromatic heterocycles. The van der Waals surface area contributed by atoms with Crippen molar-refractivity contribution in [2.45, 2.75) is 31.8 Å². The topological polar surface area (TPSA) is 37.4 Å². The molecule has 1 aliphatic rings. The Bertz CT molecular complexity index is 594. The molecule has 1 heterocycles. The van der Waals surface area contributed by atoms with Crippen LogP contribution in [0.25, 0.3) is 10.2 Å². The number of fused-ring (bicyclic) bond motifs is 1. The van der Waals surface area contributed by atoms with E-state index in [2.05, 4.69) is 29.2 Å². The van der Waals surface area contributed by atoms with Gasteiger partial charge in [-0.15, -0.1) is 0 Å². The standard InChI is InChI=1S/C15H21N3OS/c1-10(18(2)11-4-5-11)9-16-15-17-13-7-6-12(19-3)8-14(13)20-15/h6-8,10-11H,4-5,9H2,1-3H3,(H,16,17). The second-order valence-corrected chi connectivity index (χ2v) is 6.51. The summed E-state index contributed by atoms with van der Waals surface area (Å²) < 4.78 is 6.41. The molecule has 1 saturated carbocycles. The first-order valence-corrected chi connectivity index (χ1v) is 7.89. The molecule has 0 radical (unpaired) electrons. The Balaban J connectivity index is 1.65. The van der Waals surface area contributed by atoms with Crippen LogP contribution in [0.2, 0.25) is 0 Å². The van der Waals surface area contributed by atoms with Crippen LogP contribution in [0, 0.1) is 0 Å². The molecule has 20 heavy (non-hydrogen) atoms. The Labute approximate surface area is 123 Å². The number of aromatic nitrogens is 1. The Morgan fingerprint density at radius 3 is 3.00 bits per heavy atom. The molecule has 0 spiro atoms. The first-order valence-electron chi connectivity index (χ1n) is 7.08. The van der Waals surface area contributed by atoms with Crippen molar-refractivity contribution in [2.75, 3.05) is 26.0 Å². The minimum atomic E-state index is 0.532. The second kappa shape index (κ2) is 5.58. The maximum atomic E-state index is 5.25. The number of nitrogens with zero attached hydrogens (tertiary/aromatic N) is 2. The number of hydrogen-bond donors (Lipinski definition) is 1. The van der Waals surface area contributed by atoms with Crippen LogP contribution in [0.5, 0.6) is 5.75 Å². The minimum Gasteiger partial charge on any atom is -0.497 e. The van der Waals surface area contributed by atoms with Crippen molar-refractivity contribution in [3.05, 3.63) is 18.2 Å². The van der Waals surface area contributed by atoms with Crippen molar-refractivity contribution < 1.29 is 4.74 Å². The van der Waals surface area contributed by atoms with Gasteiger partial charge >= 0.3 is 0 Å². The Morgan fingerprint density at radius 1 is 1.50 bits per heavy atom. The number of rotatable bonds is 6. The van der Waals surface area contributed by atoms with Crippen molar-refractivity contribution in [3.63, 3.8) is 0 Å². The number of nitrogens with one attached hydrogen (secondary N) is 1. The van der Waals surface area contributed by atoms with Crippen molar-refractivity contribution in [3.8, 4) is 5.75 Å². The summed E-state index contributed by atoms with van der Waals surface area (Å²) >= 11 is 1.68. The molecule has 0 aliphatic heterocycles. The molecule has 1 fully saturated rings. The summed E-state index contributed by atoms with van der Waals surface area (Å²) in [6.45, 7) is 3.20. The molecular weight excluding hydrogens is 270 g/mol. The number of methoxy groups -OCH3 is 1. The summed E-state index contributed by atoms with van der Waals surface area (Å²) in [6, 6.07) is 7.33. The van der Waals surface area contributed by atoms with Gasteiger partial charge in [0, 0.05) is 18.6 Å². The predicted molar refractivity (Wildman–Crippen MR) is 84.9 cm³/mol. The molecule has 4 nitrogen and oxygen atoms in total. The van der Waals surface area contributed by atoms with E-state index < -0.39 is 0 Å². The lowest BCUT2D eigenvalue weighted by Gasteiger charge is -2.24. The predicted octanol–water partition coefficient (Wildman–Crippen LogP) is 3.20. The molecule has 1 aliphatic carbocycles. The van der Waals surface area contributed by atoms with Gasteiger partial charge < -0.3 is 10.1 Å². The van der Waals surface area contributed by atoms with Crippen LogP contribution in [-0.2, 0) is 0 Å². The van der Waals surface area contributed by atoms with E-state index in [0.29, 0.717) is 6.04 Å². The summed E-state index contributed by atoms with van der Waals surface area (Å²) in [7, 11) is 3.91. The third-order valence-electron chi connectivity index (χ3n) is 3.96. The normalized spacial score (nSPS) is 16.6. The van der Waals surface area contributed by atoms with Gasteiger partial charge in [-0.3, -0.25) is 4.90 Å². The van der Waals surface area contributed by atoms with Gasteiger partial charge in [-0.2, -0.15) is 0 Å². The smallest absolute Gasteiger partial charge is 0.183 e. The third kappa shape index (κ3) is 2.88. The van der Waals surface area contributed by atoms with Crippen molar-refractivity contribution >= 4 is 26.7 Å². The Morgan fingerprint density at radius 2 is 2.30 bits per heavy atom. The van der Waals surface area contributed by atoms with Crippen molar-refractivity contribution in [1.29, 1.82) is 0 Å². The quantitative estimate of drug-likeness (QED) is 0.887. The number of anilines is 1. The number of likely N-dealkylation sites (N-methyl/N-ethyl adjacent to an activating group) is 1. The van der Waals surface area contributed by atoms with E-state index in [1.54, 1.807) is 18.4 Å². The zero-order chi connectivity index (χ0) is 14.1. The molecule has 2 aromatic rings. The van der Waals surface area contributed by atoms with E-state index in [-0.39, 0.29) is 0 Å². The average molecular weight is 291 g/mol. The summed E-state index contributed by atoms with van der Waals surface area (Å²) in [4.78, 5) is 7.07. The fourth-order valence-electron chi connectivity index (χ4n) is 2.33. The van der Waals surface area contributed by atoms with E-state index in [1.165, 1.54) is 12.8 Å². The van der Waals surface area contributed by atoms with Gasteiger partial charge in [0.05, 0.1) is 17.3 Å². The SMILES string of the molecule is COc1ccc2nc(NCC(C)N(C)C3CC3)sc2c1. The Hall–Kier alpha value is -1.33. The first-order chi connectivity index (χ1) is 9.67. The van der Waals surface area contributed by atoms with Gasteiger partial charge in [-0.1, -0.05) is 11.3 Å². The summed E-state index contributed by atoms with van der Waals surface area (Å²) in [5.74, 6) is 0.884. The molecule has 0 saturated heterocycles. The number of benzene rings is 1. The van der Waals surface area contributed by atoms with Crippen LogP contribution < -0.4 is 10.1 Å². The third-order valence-corrected chi connectivity index (χ3v) is 4.94. The van der Waals surface area contributed by atoms with Gasteiger partial charge in [-0.05, 0) is 45.0 Å². The van der Waals surface area contributed by atoms with Crippen LogP contribution in [0.1, 0.15) is 19.8 Å². The largest absolute Gasteiger partial charge is 0.497 e. The molecular formula is C15H21N3OS. The summed E-state index contributed by atoms with van der Waals surface area (Å²) in [6.07, 6.45) is 2.70. The molecule has 0 amide bonds. The Kier molecular flexibility index (Phi) is 3.81. The molecule has 5 heteroatoms. The maximum Gasteiger partial charge on any atom is 0.183 e. The highest BCUT2D eigenvalue weighted by atomic mass is 32.1. The number of ether oxygens (including phenoxy) is 1. The second-order valence-electron chi connectivity index (χ2n) is 5.48. The van der Waals surface area contributed by atoms with Crippen LogP contribution in [0.15, 0.2) is 18.2 Å². The van der Waals surface area contributed by atoms with Gasteiger partial charge in [-0.25, -0.2) is 4.98 Å². The fraction of sp³-hybridized carbons (Fsp3) is 0.533. The highest BCUT2D eigenvalue weighted by Gasteiger charge is 2.28. The fourth-order valence-corrected chi connectivity index (χ4v) is 3.23. The van der Waals surface area contributed by atoms with Crippen LogP contribution in [0.3, 0.4) is 0 Å². The highest BCUT2D eigenvalue weighted by Crippen LogP contribution is 2.30. The lowest BCUT2D eigenvalue weighted by Crippen LogP contribution is -2.36. The van der Waals surface area contributed by atoms with Crippen molar-refractivity contribution in [1.82, 2.24) is 9.88 Å². The van der Waals surface area contributed by atoms with Crippen molar-refractivity contribution in [2.24, 2.45) is 0 Å². The maximum absolute atomic E-state index is 5.25. The zero-order valence-corrected chi connectivity index (χ0v) is 13.0. The summed E-state index contributed by atoms with van der Waals surface area (Å²) in [5.41, 5.74) is 1.03. The first kappa shape index (κ1) is 13.6. The number of thiazole rings is 1. The van der Waals surface area contributed by atoms with E-state index in [9.17, 15) is 0 Å². The van der Waals surface area contributed by atoms with Gasteiger partial charge in [0.15, 0.2) is 5.13 Å². The van der Waals surface area contributed by atoms with E-state index in [0.717, 1.165) is 33.7 Å². The minimum absolute atomic E-state index is 0.532. The van der Waals surface area contributed by atoms with Crippen LogP contribution >= 0.6 is 11.3 Å². The van der Waals surface area contributed by atoms with Crippen LogP contribution in [0.4, 0.5) is 5.13 Å². The lowest BCUT2D eigenvalue weighted by atomic mass is 10.3. The van der Waals surface area contributed by atoms with Crippen LogP contribution in [-0.4, -0.2) is 42.7 Å². The molecule has 3 rings (SSSR count).